The van der Waals surface area contributed by atoms with Gasteiger partial charge in [0.15, 0.2) is 5.58 Å². The van der Waals surface area contributed by atoms with Crippen LogP contribution in [-0.2, 0) is 18.3 Å². The molecular weight excluding hydrogens is 432 g/mol. The maximum absolute atomic E-state index is 15.1. The van der Waals surface area contributed by atoms with E-state index in [0.29, 0.717) is 16.6 Å². The molecule has 0 saturated carbocycles. The minimum atomic E-state index is -0.815. The molecule has 0 unspecified atom stereocenters. The van der Waals surface area contributed by atoms with Crippen LogP contribution in [0.15, 0.2) is 64.3 Å². The van der Waals surface area contributed by atoms with Gasteiger partial charge in [0.2, 0.25) is 0 Å². The Balaban J connectivity index is 1.61. The van der Waals surface area contributed by atoms with Crippen LogP contribution in [0.2, 0.25) is 0 Å². The number of benzene rings is 2. The molecule has 0 bridgehead atoms. The summed E-state index contributed by atoms with van der Waals surface area (Å²) in [6.07, 6.45) is 4.23. The smallest absolute Gasteiger partial charge is 0.343 e. The van der Waals surface area contributed by atoms with Gasteiger partial charge in [0, 0.05) is 30.4 Å². The van der Waals surface area contributed by atoms with Gasteiger partial charge in [-0.3, -0.25) is 9.48 Å². The third kappa shape index (κ3) is 3.38. The van der Waals surface area contributed by atoms with Crippen molar-refractivity contribution in [3.8, 4) is 11.1 Å². The van der Waals surface area contributed by atoms with Crippen molar-refractivity contribution in [1.29, 1.82) is 0 Å². The monoisotopic (exact) mass is 449 g/mol. The summed E-state index contributed by atoms with van der Waals surface area (Å²) in [6.45, 7) is -0.418. The summed E-state index contributed by atoms with van der Waals surface area (Å²) in [7, 11) is 2.96. The number of esters is 1. The number of ether oxygens (including phenoxy) is 1. The summed E-state index contributed by atoms with van der Waals surface area (Å²) < 4.78 is 42.9. The van der Waals surface area contributed by atoms with Gasteiger partial charge in [0.05, 0.1) is 30.8 Å². The SMILES string of the molecule is COC(=O)c1cn(Cc2c(F)cc(-c3cccc4nn(C)cc34)cc2F)c(=O)c2ccoc12. The molecule has 0 amide bonds. The molecule has 0 aliphatic rings. The minimum absolute atomic E-state index is 0.0159. The highest BCUT2D eigenvalue weighted by Gasteiger charge is 2.20. The van der Waals surface area contributed by atoms with Crippen molar-refractivity contribution in [3.05, 3.63) is 88.2 Å². The van der Waals surface area contributed by atoms with Crippen LogP contribution < -0.4 is 5.56 Å². The zero-order valence-corrected chi connectivity index (χ0v) is 17.6. The van der Waals surface area contributed by atoms with Crippen molar-refractivity contribution in [1.82, 2.24) is 14.3 Å². The highest BCUT2D eigenvalue weighted by atomic mass is 19.1. The molecule has 0 saturated heterocycles. The van der Waals surface area contributed by atoms with Gasteiger partial charge < -0.3 is 13.7 Å². The number of halogens is 2. The Morgan fingerprint density at radius 3 is 2.61 bits per heavy atom. The van der Waals surface area contributed by atoms with E-state index in [-0.39, 0.29) is 22.1 Å². The number of nitrogens with zero attached hydrogens (tertiary/aromatic N) is 3. The fraction of sp³-hybridized carbons (Fsp3) is 0.125. The number of aromatic nitrogens is 3. The topological polar surface area (TPSA) is 79.3 Å². The number of hydrogen-bond acceptors (Lipinski definition) is 5. The first-order valence-electron chi connectivity index (χ1n) is 9.97. The molecule has 3 aromatic heterocycles. The second kappa shape index (κ2) is 7.70. The lowest BCUT2D eigenvalue weighted by atomic mass is 9.99. The quantitative estimate of drug-likeness (QED) is 0.383. The maximum atomic E-state index is 15.1. The highest BCUT2D eigenvalue weighted by Crippen LogP contribution is 2.31. The third-order valence-corrected chi connectivity index (χ3v) is 5.54. The summed E-state index contributed by atoms with van der Waals surface area (Å²) in [5, 5.41) is 5.19. The Morgan fingerprint density at radius 2 is 1.88 bits per heavy atom. The molecular formula is C24H17F2N3O4. The van der Waals surface area contributed by atoms with Crippen molar-refractivity contribution in [2.45, 2.75) is 6.54 Å². The molecule has 0 radical (unpaired) electrons. The molecule has 0 aliphatic carbocycles. The molecule has 5 rings (SSSR count). The highest BCUT2D eigenvalue weighted by molar-refractivity contribution is 6.01. The summed E-state index contributed by atoms with van der Waals surface area (Å²) in [4.78, 5) is 24.9. The van der Waals surface area contributed by atoms with Crippen LogP contribution in [0.1, 0.15) is 15.9 Å². The zero-order valence-electron chi connectivity index (χ0n) is 17.6. The largest absolute Gasteiger partial charge is 0.465 e. The Hall–Kier alpha value is -4.27. The minimum Gasteiger partial charge on any atom is -0.465 e. The summed E-state index contributed by atoms with van der Waals surface area (Å²) >= 11 is 0. The van der Waals surface area contributed by atoms with E-state index >= 15 is 8.78 Å². The molecule has 0 fully saturated rings. The molecule has 3 heterocycles. The lowest BCUT2D eigenvalue weighted by Gasteiger charge is -2.12. The Kier molecular flexibility index (Phi) is 4.81. The number of rotatable bonds is 4. The van der Waals surface area contributed by atoms with E-state index in [1.165, 1.54) is 37.8 Å². The molecule has 2 aromatic carbocycles. The Morgan fingerprint density at radius 1 is 1.12 bits per heavy atom. The van der Waals surface area contributed by atoms with E-state index in [2.05, 4.69) is 5.10 Å². The molecule has 5 aromatic rings. The number of hydrogen-bond donors (Lipinski definition) is 0. The van der Waals surface area contributed by atoms with E-state index in [1.54, 1.807) is 30.1 Å². The Bertz CT molecular complexity index is 1590. The summed E-state index contributed by atoms with van der Waals surface area (Å²) in [5.41, 5.74) is 0.874. The van der Waals surface area contributed by atoms with Crippen molar-refractivity contribution >= 4 is 27.8 Å². The van der Waals surface area contributed by atoms with Crippen LogP contribution in [-0.4, -0.2) is 27.4 Å². The van der Waals surface area contributed by atoms with E-state index in [0.717, 1.165) is 9.95 Å². The first-order valence-corrected chi connectivity index (χ1v) is 9.97. The van der Waals surface area contributed by atoms with E-state index < -0.39 is 29.7 Å². The van der Waals surface area contributed by atoms with Crippen molar-refractivity contribution in [3.63, 3.8) is 0 Å². The molecule has 0 atom stereocenters. The lowest BCUT2D eigenvalue weighted by Crippen LogP contribution is -2.23. The number of methoxy groups -OCH3 is 1. The van der Waals surface area contributed by atoms with E-state index in [1.807, 2.05) is 6.07 Å². The average Bonchev–Trinajstić information content (AvgIpc) is 3.43. The third-order valence-electron chi connectivity index (χ3n) is 5.54. The number of fused-ring (bicyclic) bond motifs is 2. The standard InChI is InChI=1S/C24H17F2N3O4/c1-28-10-16-14(4-3-5-21(16)27-28)13-8-19(25)17(20(26)9-13)11-29-12-18(24(31)32-2)22-15(23(29)30)6-7-33-22/h3-10,12H,11H2,1-2H3. The average molecular weight is 449 g/mol. The van der Waals surface area contributed by atoms with E-state index in [9.17, 15) is 9.59 Å². The molecule has 0 aliphatic heterocycles. The molecule has 7 nitrogen and oxygen atoms in total. The lowest BCUT2D eigenvalue weighted by molar-refractivity contribution is 0.0600. The van der Waals surface area contributed by atoms with Crippen LogP contribution in [0.4, 0.5) is 8.78 Å². The van der Waals surface area contributed by atoms with Gasteiger partial charge in [0.25, 0.3) is 5.56 Å². The first kappa shape index (κ1) is 20.6. The number of furan rings is 1. The number of pyridine rings is 1. The Labute approximate surface area is 185 Å². The molecule has 0 spiro atoms. The second-order valence-electron chi connectivity index (χ2n) is 7.59. The van der Waals surface area contributed by atoms with Crippen molar-refractivity contribution in [2.75, 3.05) is 7.11 Å². The van der Waals surface area contributed by atoms with E-state index in [4.69, 9.17) is 9.15 Å². The fourth-order valence-corrected chi connectivity index (χ4v) is 3.98. The number of aryl methyl sites for hydroxylation is 1. The summed E-state index contributed by atoms with van der Waals surface area (Å²) in [5.74, 6) is -2.36. The van der Waals surface area contributed by atoms with Crippen LogP contribution in [0.25, 0.3) is 33.0 Å². The van der Waals surface area contributed by atoms with Crippen LogP contribution in [0.5, 0.6) is 0 Å². The van der Waals surface area contributed by atoms with Gasteiger partial charge >= 0.3 is 5.97 Å². The van der Waals surface area contributed by atoms with Gasteiger partial charge in [-0.25, -0.2) is 13.6 Å². The van der Waals surface area contributed by atoms with Gasteiger partial charge in [-0.15, -0.1) is 0 Å². The normalized spacial score (nSPS) is 11.4. The number of carbonyl (C=O) groups is 1. The van der Waals surface area contributed by atoms with Gasteiger partial charge in [-0.2, -0.15) is 5.10 Å². The van der Waals surface area contributed by atoms with Gasteiger partial charge in [0.1, 0.15) is 17.2 Å². The van der Waals surface area contributed by atoms with Crippen molar-refractivity contribution < 1.29 is 22.7 Å². The summed E-state index contributed by atoms with van der Waals surface area (Å²) in [6, 6.07) is 9.19. The maximum Gasteiger partial charge on any atom is 0.343 e. The van der Waals surface area contributed by atoms with Crippen molar-refractivity contribution in [2.24, 2.45) is 7.05 Å². The predicted octanol–water partition coefficient (Wildman–Crippen LogP) is 4.26. The molecule has 33 heavy (non-hydrogen) atoms. The van der Waals surface area contributed by atoms with Gasteiger partial charge in [-0.1, -0.05) is 12.1 Å². The number of carbonyl (C=O) groups excluding carboxylic acids is 1. The molecule has 0 N–H and O–H groups in total. The van der Waals surface area contributed by atoms with Crippen LogP contribution in [0.3, 0.4) is 0 Å². The first-order chi connectivity index (χ1) is 15.9. The fourth-order valence-electron chi connectivity index (χ4n) is 3.98. The van der Waals surface area contributed by atoms with Crippen LogP contribution >= 0.6 is 0 Å². The predicted molar refractivity (Wildman–Crippen MR) is 117 cm³/mol. The molecule has 166 valence electrons. The molecule has 9 heteroatoms. The van der Waals surface area contributed by atoms with Crippen LogP contribution in [0, 0.1) is 11.6 Å². The second-order valence-corrected chi connectivity index (χ2v) is 7.59. The zero-order chi connectivity index (χ0) is 23.3. The van der Waals surface area contributed by atoms with Gasteiger partial charge in [-0.05, 0) is 35.4 Å².